The van der Waals surface area contributed by atoms with Crippen molar-refractivity contribution in [3.05, 3.63) is 28.7 Å². The number of benzene rings is 1. The van der Waals surface area contributed by atoms with Gasteiger partial charge in [0.15, 0.2) is 0 Å². The first-order chi connectivity index (χ1) is 10.1. The Morgan fingerprint density at radius 1 is 1.05 bits per heavy atom. The van der Waals surface area contributed by atoms with Gasteiger partial charge in [0.2, 0.25) is 5.91 Å². The fourth-order valence-electron chi connectivity index (χ4n) is 3.01. The van der Waals surface area contributed by atoms with Crippen molar-refractivity contribution in [1.29, 1.82) is 0 Å². The molecule has 112 valence electrons. The number of carbonyl (C=O) groups is 2. The van der Waals surface area contributed by atoms with E-state index in [0.717, 1.165) is 30.4 Å². The van der Waals surface area contributed by atoms with Gasteiger partial charge in [-0.25, -0.2) is 4.79 Å². The molecule has 0 atom stereocenters. The number of rotatable bonds is 2. The van der Waals surface area contributed by atoms with Gasteiger partial charge in [0.25, 0.3) is 0 Å². The van der Waals surface area contributed by atoms with Gasteiger partial charge in [-0.1, -0.05) is 15.9 Å². The molecule has 0 aliphatic carbocycles. The van der Waals surface area contributed by atoms with Gasteiger partial charge < -0.3 is 9.80 Å². The number of hydrogen-bond donors (Lipinski definition) is 1. The Kier molecular flexibility index (Phi) is 4.14. The average Bonchev–Trinajstić information content (AvgIpc) is 2.48. The van der Waals surface area contributed by atoms with Crippen molar-refractivity contribution >= 4 is 33.6 Å². The van der Waals surface area contributed by atoms with E-state index in [1.165, 1.54) is 5.69 Å². The lowest BCUT2D eigenvalue weighted by atomic mass is 10.0. The maximum atomic E-state index is 11.9. The number of amides is 3. The van der Waals surface area contributed by atoms with Gasteiger partial charge in [-0.3, -0.25) is 10.1 Å². The van der Waals surface area contributed by atoms with Crippen LogP contribution in [0.1, 0.15) is 19.3 Å². The monoisotopic (exact) mass is 351 g/mol. The molecule has 1 aromatic rings. The first kappa shape index (κ1) is 14.4. The number of urea groups is 1. The van der Waals surface area contributed by atoms with Crippen molar-refractivity contribution in [3.63, 3.8) is 0 Å². The summed E-state index contributed by atoms with van der Waals surface area (Å²) >= 11 is 3.45. The fourth-order valence-corrected chi connectivity index (χ4v) is 3.28. The van der Waals surface area contributed by atoms with Gasteiger partial charge in [-0.15, -0.1) is 0 Å². The van der Waals surface area contributed by atoms with Crippen LogP contribution in [-0.4, -0.2) is 42.5 Å². The summed E-state index contributed by atoms with van der Waals surface area (Å²) in [5.41, 5.74) is 1.22. The fraction of sp³-hybridized carbons (Fsp3) is 0.467. The molecule has 1 N–H and O–H groups in total. The minimum atomic E-state index is -0.228. The highest BCUT2D eigenvalue weighted by molar-refractivity contribution is 9.10. The number of anilines is 1. The summed E-state index contributed by atoms with van der Waals surface area (Å²) in [6.45, 7) is 2.42. The molecule has 2 heterocycles. The molecule has 2 fully saturated rings. The van der Waals surface area contributed by atoms with E-state index >= 15 is 0 Å². The van der Waals surface area contributed by atoms with Gasteiger partial charge in [0.05, 0.1) is 0 Å². The van der Waals surface area contributed by atoms with Crippen LogP contribution in [0.15, 0.2) is 28.7 Å². The van der Waals surface area contributed by atoms with Crippen LogP contribution in [0.25, 0.3) is 0 Å². The third kappa shape index (κ3) is 3.20. The number of piperidine rings is 1. The van der Waals surface area contributed by atoms with Crippen LogP contribution in [0.4, 0.5) is 10.5 Å². The summed E-state index contributed by atoms with van der Waals surface area (Å²) in [4.78, 5) is 27.2. The van der Waals surface area contributed by atoms with Crippen molar-refractivity contribution in [2.45, 2.75) is 25.3 Å². The molecule has 0 saturated carbocycles. The van der Waals surface area contributed by atoms with Crippen LogP contribution in [0, 0.1) is 0 Å². The minimum absolute atomic E-state index is 0.163. The van der Waals surface area contributed by atoms with Crippen LogP contribution < -0.4 is 10.2 Å². The topological polar surface area (TPSA) is 52.7 Å². The number of nitrogens with one attached hydrogen (secondary N) is 1. The zero-order valence-electron chi connectivity index (χ0n) is 11.7. The highest BCUT2D eigenvalue weighted by atomic mass is 79.9. The maximum Gasteiger partial charge on any atom is 0.324 e. The molecule has 2 aliphatic rings. The number of hydrogen-bond acceptors (Lipinski definition) is 3. The summed E-state index contributed by atoms with van der Waals surface area (Å²) in [6, 6.07) is 8.32. The predicted octanol–water partition coefficient (Wildman–Crippen LogP) is 2.36. The zero-order chi connectivity index (χ0) is 14.8. The van der Waals surface area contributed by atoms with Crippen LogP contribution in [0.3, 0.4) is 0 Å². The Balaban J connectivity index is 1.59. The number of imide groups is 1. The molecule has 2 aliphatic heterocycles. The minimum Gasteiger partial charge on any atom is -0.371 e. The molecular formula is C15H18BrN3O2. The third-order valence-electron chi connectivity index (χ3n) is 4.18. The van der Waals surface area contributed by atoms with Crippen molar-refractivity contribution in [2.24, 2.45) is 0 Å². The van der Waals surface area contributed by atoms with Gasteiger partial charge in [0.1, 0.15) is 0 Å². The molecule has 3 amide bonds. The first-order valence-corrected chi connectivity index (χ1v) is 8.04. The maximum absolute atomic E-state index is 11.9. The molecule has 0 aromatic heterocycles. The molecule has 5 nitrogen and oxygen atoms in total. The van der Waals surface area contributed by atoms with Gasteiger partial charge in [-0.2, -0.15) is 0 Å². The van der Waals surface area contributed by atoms with Crippen molar-refractivity contribution in [2.75, 3.05) is 24.5 Å². The van der Waals surface area contributed by atoms with E-state index in [2.05, 4.69) is 38.3 Å². The molecule has 6 heteroatoms. The zero-order valence-corrected chi connectivity index (χ0v) is 13.3. The van der Waals surface area contributed by atoms with Crippen molar-refractivity contribution in [1.82, 2.24) is 10.2 Å². The van der Waals surface area contributed by atoms with Crippen LogP contribution in [0.5, 0.6) is 0 Å². The van der Waals surface area contributed by atoms with Crippen molar-refractivity contribution in [3.8, 4) is 0 Å². The summed E-state index contributed by atoms with van der Waals surface area (Å²) in [7, 11) is 0. The molecule has 0 spiro atoms. The Morgan fingerprint density at radius 3 is 2.33 bits per heavy atom. The van der Waals surface area contributed by atoms with Gasteiger partial charge >= 0.3 is 6.03 Å². The molecule has 3 rings (SSSR count). The molecule has 0 unspecified atom stereocenters. The summed E-state index contributed by atoms with van der Waals surface area (Å²) in [5, 5.41) is 2.41. The lowest BCUT2D eigenvalue weighted by molar-refractivity contribution is -0.121. The quantitative estimate of drug-likeness (QED) is 0.889. The van der Waals surface area contributed by atoms with Crippen LogP contribution in [-0.2, 0) is 4.79 Å². The first-order valence-electron chi connectivity index (χ1n) is 7.24. The predicted molar refractivity (Wildman–Crippen MR) is 84.2 cm³/mol. The van der Waals surface area contributed by atoms with E-state index in [1.54, 1.807) is 0 Å². The highest BCUT2D eigenvalue weighted by Gasteiger charge is 2.31. The molecule has 1 aromatic carbocycles. The van der Waals surface area contributed by atoms with E-state index in [4.69, 9.17) is 0 Å². The normalized spacial score (nSPS) is 20.6. The molecule has 2 saturated heterocycles. The second kappa shape index (κ2) is 6.05. The second-order valence-electron chi connectivity index (χ2n) is 5.49. The van der Waals surface area contributed by atoms with E-state index in [1.807, 2.05) is 17.0 Å². The van der Waals surface area contributed by atoms with E-state index < -0.39 is 0 Å². The van der Waals surface area contributed by atoms with Crippen molar-refractivity contribution < 1.29 is 9.59 Å². The Labute approximate surface area is 132 Å². The highest BCUT2D eigenvalue weighted by Crippen LogP contribution is 2.24. The summed E-state index contributed by atoms with van der Waals surface area (Å²) in [6.07, 6.45) is 2.30. The van der Waals surface area contributed by atoms with E-state index in [0.29, 0.717) is 13.0 Å². The SMILES string of the molecule is O=C1CCN(C2CCN(c3ccc(Br)cc3)CC2)C(=O)N1. The summed E-state index contributed by atoms with van der Waals surface area (Å²) < 4.78 is 1.08. The van der Waals surface area contributed by atoms with Crippen LogP contribution in [0.2, 0.25) is 0 Å². The molecular weight excluding hydrogens is 334 g/mol. The van der Waals surface area contributed by atoms with E-state index in [-0.39, 0.29) is 18.0 Å². The Bertz CT molecular complexity index is 538. The lowest BCUT2D eigenvalue weighted by Crippen LogP contribution is -2.56. The lowest BCUT2D eigenvalue weighted by Gasteiger charge is -2.40. The third-order valence-corrected chi connectivity index (χ3v) is 4.71. The van der Waals surface area contributed by atoms with Gasteiger partial charge in [0, 0.05) is 42.3 Å². The number of carbonyl (C=O) groups excluding carboxylic acids is 2. The standard InChI is InChI=1S/C15H18BrN3O2/c16-11-1-3-12(4-2-11)18-8-5-13(6-9-18)19-10-7-14(20)17-15(19)21/h1-4,13H,5-10H2,(H,17,20,21). The average molecular weight is 352 g/mol. The van der Waals surface area contributed by atoms with E-state index in [9.17, 15) is 9.59 Å². The molecule has 21 heavy (non-hydrogen) atoms. The molecule has 0 radical (unpaired) electrons. The second-order valence-corrected chi connectivity index (χ2v) is 6.41. The molecule has 0 bridgehead atoms. The van der Waals surface area contributed by atoms with Crippen LogP contribution >= 0.6 is 15.9 Å². The summed E-state index contributed by atoms with van der Waals surface area (Å²) in [5.74, 6) is -0.163. The number of halogens is 1. The Morgan fingerprint density at radius 2 is 1.71 bits per heavy atom. The smallest absolute Gasteiger partial charge is 0.324 e. The Hall–Kier alpha value is -1.56. The number of nitrogens with zero attached hydrogens (tertiary/aromatic N) is 2. The largest absolute Gasteiger partial charge is 0.371 e. The van der Waals surface area contributed by atoms with Gasteiger partial charge in [-0.05, 0) is 37.1 Å².